The van der Waals surface area contributed by atoms with Crippen molar-refractivity contribution in [2.24, 2.45) is 5.41 Å². The van der Waals surface area contributed by atoms with Crippen LogP contribution in [0.15, 0.2) is 30.3 Å². The number of rotatable bonds is 6. The van der Waals surface area contributed by atoms with E-state index >= 15 is 0 Å². The van der Waals surface area contributed by atoms with Crippen molar-refractivity contribution in [3.63, 3.8) is 0 Å². The van der Waals surface area contributed by atoms with Crippen molar-refractivity contribution in [2.45, 2.75) is 65.9 Å². The van der Waals surface area contributed by atoms with Crippen LogP contribution in [-0.4, -0.2) is 65.6 Å². The molecule has 1 unspecified atom stereocenters. The fraction of sp³-hybridized carbons (Fsp3) is 0.533. The zero-order valence-electron chi connectivity index (χ0n) is 22.5. The molecule has 0 radical (unpaired) electrons. The molecule has 1 atom stereocenters. The Bertz CT molecular complexity index is 1120. The first-order valence-corrected chi connectivity index (χ1v) is 13.7. The van der Waals surface area contributed by atoms with Crippen molar-refractivity contribution in [1.82, 2.24) is 9.80 Å². The maximum Gasteiger partial charge on any atom is 0.254 e. The van der Waals surface area contributed by atoms with Gasteiger partial charge in [-0.05, 0) is 87.8 Å². The first-order valence-electron chi connectivity index (χ1n) is 13.3. The summed E-state index contributed by atoms with van der Waals surface area (Å²) in [7, 11) is 0. The maximum atomic E-state index is 13.7. The van der Waals surface area contributed by atoms with Gasteiger partial charge in [0.1, 0.15) is 5.75 Å². The molecule has 6 nitrogen and oxygen atoms in total. The van der Waals surface area contributed by atoms with Gasteiger partial charge in [-0.2, -0.15) is 0 Å². The van der Waals surface area contributed by atoms with E-state index in [9.17, 15) is 14.7 Å². The number of nitrogens with zero attached hydrogens (tertiary/aromatic N) is 2. The molecule has 2 heterocycles. The lowest BCUT2D eigenvalue weighted by molar-refractivity contribution is -0.137. The summed E-state index contributed by atoms with van der Waals surface area (Å²) in [5.41, 5.74) is 4.08. The van der Waals surface area contributed by atoms with Crippen LogP contribution < -0.4 is 4.74 Å². The van der Waals surface area contributed by atoms with Gasteiger partial charge >= 0.3 is 0 Å². The fourth-order valence-electron chi connectivity index (χ4n) is 5.78. The van der Waals surface area contributed by atoms with Crippen LogP contribution in [-0.2, 0) is 4.79 Å². The number of piperidine rings is 2. The van der Waals surface area contributed by atoms with Crippen molar-refractivity contribution < 1.29 is 19.4 Å². The summed E-state index contributed by atoms with van der Waals surface area (Å²) in [4.78, 5) is 30.9. The lowest BCUT2D eigenvalue weighted by Crippen LogP contribution is -2.52. The molecule has 200 valence electrons. The lowest BCUT2D eigenvalue weighted by atomic mass is 9.76. The molecule has 4 rings (SSSR count). The highest BCUT2D eigenvalue weighted by Crippen LogP contribution is 2.37. The molecule has 2 aliphatic heterocycles. The third kappa shape index (κ3) is 6.29. The van der Waals surface area contributed by atoms with Crippen LogP contribution in [0.5, 0.6) is 5.75 Å². The van der Waals surface area contributed by atoms with E-state index in [1.165, 1.54) is 0 Å². The van der Waals surface area contributed by atoms with E-state index in [0.29, 0.717) is 52.0 Å². The summed E-state index contributed by atoms with van der Waals surface area (Å²) >= 11 is 6.36. The Labute approximate surface area is 225 Å². The van der Waals surface area contributed by atoms with Gasteiger partial charge in [-0.3, -0.25) is 9.59 Å². The van der Waals surface area contributed by atoms with Crippen molar-refractivity contribution in [3.05, 3.63) is 63.2 Å². The Morgan fingerprint density at radius 2 is 1.62 bits per heavy atom. The lowest BCUT2D eigenvalue weighted by Gasteiger charge is -2.43. The van der Waals surface area contributed by atoms with Gasteiger partial charge in [-0.25, -0.2) is 0 Å². The fourth-order valence-corrected chi connectivity index (χ4v) is 5.89. The minimum Gasteiger partial charge on any atom is -0.493 e. The van der Waals surface area contributed by atoms with E-state index in [0.717, 1.165) is 51.4 Å². The van der Waals surface area contributed by atoms with Crippen LogP contribution in [0.25, 0.3) is 0 Å². The number of hydrogen-bond donors (Lipinski definition) is 1. The van der Waals surface area contributed by atoms with Crippen LogP contribution in [0.1, 0.15) is 64.7 Å². The largest absolute Gasteiger partial charge is 0.493 e. The van der Waals surface area contributed by atoms with E-state index in [4.69, 9.17) is 16.3 Å². The monoisotopic (exact) mass is 526 g/mol. The van der Waals surface area contributed by atoms with E-state index in [1.807, 2.05) is 67.8 Å². The van der Waals surface area contributed by atoms with Gasteiger partial charge in [-0.1, -0.05) is 29.8 Å². The molecule has 0 spiro atoms. The number of aryl methyl sites for hydroxylation is 4. The number of amides is 2. The number of hydrogen-bond acceptors (Lipinski definition) is 4. The average Bonchev–Trinajstić information content (AvgIpc) is 2.86. The highest BCUT2D eigenvalue weighted by Gasteiger charge is 2.41. The van der Waals surface area contributed by atoms with Gasteiger partial charge in [0, 0.05) is 48.6 Å². The molecule has 2 fully saturated rings. The van der Waals surface area contributed by atoms with Crippen molar-refractivity contribution >= 4 is 23.4 Å². The van der Waals surface area contributed by atoms with E-state index in [2.05, 4.69) is 0 Å². The van der Waals surface area contributed by atoms with Crippen molar-refractivity contribution in [1.29, 1.82) is 0 Å². The predicted octanol–water partition coefficient (Wildman–Crippen LogP) is 5.25. The molecule has 7 heteroatoms. The minimum absolute atomic E-state index is 0.0198. The summed E-state index contributed by atoms with van der Waals surface area (Å²) in [6.45, 7) is 10.5. The summed E-state index contributed by atoms with van der Waals surface area (Å²) in [6.07, 6.45) is 2.80. The van der Waals surface area contributed by atoms with Crippen LogP contribution in [0, 0.1) is 33.1 Å². The second kappa shape index (κ2) is 11.4. The van der Waals surface area contributed by atoms with Gasteiger partial charge in [0.2, 0.25) is 5.91 Å². The Kier molecular flexibility index (Phi) is 8.49. The number of halogens is 1. The topological polar surface area (TPSA) is 70.1 Å². The Morgan fingerprint density at radius 1 is 1.00 bits per heavy atom. The van der Waals surface area contributed by atoms with Crippen molar-refractivity contribution in [3.8, 4) is 5.75 Å². The molecule has 1 N–H and O–H groups in total. The second-order valence-corrected chi connectivity index (χ2v) is 11.4. The zero-order chi connectivity index (χ0) is 26.7. The maximum absolute atomic E-state index is 13.7. The molecule has 2 saturated heterocycles. The van der Waals surface area contributed by atoms with Crippen LogP contribution >= 0.6 is 11.6 Å². The van der Waals surface area contributed by atoms with Crippen LogP contribution in [0.4, 0.5) is 0 Å². The van der Waals surface area contributed by atoms with E-state index < -0.39 is 5.41 Å². The molecule has 0 aliphatic carbocycles. The molecule has 0 bridgehead atoms. The van der Waals surface area contributed by atoms with Gasteiger partial charge < -0.3 is 19.6 Å². The summed E-state index contributed by atoms with van der Waals surface area (Å²) in [6, 6.07) is 9.78. The Morgan fingerprint density at radius 3 is 2.24 bits per heavy atom. The quantitative estimate of drug-likeness (QED) is 0.558. The van der Waals surface area contributed by atoms with Gasteiger partial charge in [-0.15, -0.1) is 0 Å². The third-order valence-electron chi connectivity index (χ3n) is 7.94. The van der Waals surface area contributed by atoms with Gasteiger partial charge in [0.05, 0.1) is 12.7 Å². The smallest absolute Gasteiger partial charge is 0.254 e. The first kappa shape index (κ1) is 27.5. The predicted molar refractivity (Wildman–Crippen MR) is 146 cm³/mol. The first-order chi connectivity index (χ1) is 17.6. The number of aliphatic hydroxyl groups excluding tert-OH is 1. The molecule has 2 aliphatic rings. The molecule has 2 aromatic rings. The number of aliphatic hydroxyl groups is 1. The minimum atomic E-state index is -0.501. The second-order valence-electron chi connectivity index (χ2n) is 11.0. The van der Waals surface area contributed by atoms with Gasteiger partial charge in [0.25, 0.3) is 5.91 Å². The molecule has 0 aromatic heterocycles. The molecule has 2 aromatic carbocycles. The highest BCUT2D eigenvalue weighted by atomic mass is 35.5. The standard InChI is InChI=1S/C30H39ClN2O4/c1-20-7-5-8-21(2)27(20)29(36)33-12-6-11-30(18-33,17-26(35)32-13-9-24(34)10-14-32)19-37-25-15-22(3)28(31)23(4)16-25/h5,7-8,15-16,24,34H,6,9-14,17-19H2,1-4H3. The molecule has 2 amide bonds. The molecule has 0 saturated carbocycles. The Hall–Kier alpha value is -2.57. The highest BCUT2D eigenvalue weighted by molar-refractivity contribution is 6.32. The van der Waals surface area contributed by atoms with Gasteiger partial charge in [0.15, 0.2) is 0 Å². The van der Waals surface area contributed by atoms with Crippen LogP contribution in [0.3, 0.4) is 0 Å². The molecule has 37 heavy (non-hydrogen) atoms. The summed E-state index contributed by atoms with van der Waals surface area (Å²) < 4.78 is 6.34. The Balaban J connectivity index is 1.58. The number of benzene rings is 2. The normalized spacial score (nSPS) is 20.7. The van der Waals surface area contributed by atoms with E-state index in [-0.39, 0.29) is 17.9 Å². The number of ether oxygens (including phenoxy) is 1. The summed E-state index contributed by atoms with van der Waals surface area (Å²) in [5, 5.41) is 10.6. The average molecular weight is 527 g/mol. The number of likely N-dealkylation sites (tertiary alicyclic amines) is 2. The third-order valence-corrected chi connectivity index (χ3v) is 8.54. The molecular formula is C30H39ClN2O4. The molecular weight excluding hydrogens is 488 g/mol. The van der Waals surface area contributed by atoms with Crippen molar-refractivity contribution in [2.75, 3.05) is 32.8 Å². The number of carbonyl (C=O) groups is 2. The van der Waals surface area contributed by atoms with Crippen LogP contribution in [0.2, 0.25) is 5.02 Å². The van der Waals surface area contributed by atoms with E-state index in [1.54, 1.807) is 0 Å². The number of carbonyl (C=O) groups excluding carboxylic acids is 2. The SMILES string of the molecule is Cc1cc(OCC2(CC(=O)N3CCC(O)CC3)CCCN(C(=O)c3c(C)cccc3C)C2)cc(C)c1Cl. The summed E-state index contributed by atoms with van der Waals surface area (Å²) in [5.74, 6) is 0.817. The zero-order valence-corrected chi connectivity index (χ0v) is 23.2.